The van der Waals surface area contributed by atoms with E-state index in [1.165, 1.54) is 13.2 Å². The van der Waals surface area contributed by atoms with Crippen molar-refractivity contribution in [3.8, 4) is 0 Å². The lowest BCUT2D eigenvalue weighted by Crippen LogP contribution is -2.17. The number of anilines is 1. The minimum atomic E-state index is -0.539. The molecular weight excluding hydrogens is 402 g/mol. The fraction of sp³-hybridized carbons (Fsp3) is 0.211. The van der Waals surface area contributed by atoms with Gasteiger partial charge in [0.1, 0.15) is 0 Å². The Labute approximate surface area is 159 Å². The second-order valence-corrected chi connectivity index (χ2v) is 6.27. The zero-order chi connectivity index (χ0) is 19.3. The third-order valence-electron chi connectivity index (χ3n) is 3.51. The van der Waals surface area contributed by atoms with Crippen molar-refractivity contribution in [1.29, 1.82) is 0 Å². The molecule has 0 saturated heterocycles. The third-order valence-corrected chi connectivity index (χ3v) is 4.14. The summed E-state index contributed by atoms with van der Waals surface area (Å²) in [5.74, 6) is -1.54. The van der Waals surface area contributed by atoms with Crippen LogP contribution in [0.2, 0.25) is 0 Å². The molecule has 26 heavy (non-hydrogen) atoms. The molecule has 2 rings (SSSR count). The Morgan fingerprint density at radius 1 is 1.08 bits per heavy atom. The molecule has 0 spiro atoms. The topological polar surface area (TPSA) is 81.7 Å². The van der Waals surface area contributed by atoms with Gasteiger partial charge in [0.05, 0.1) is 30.5 Å². The number of rotatable bonds is 5. The van der Waals surface area contributed by atoms with Crippen molar-refractivity contribution in [2.75, 3.05) is 19.0 Å². The first kappa shape index (κ1) is 19.7. The van der Waals surface area contributed by atoms with Gasteiger partial charge < -0.3 is 14.8 Å². The number of ether oxygens (including phenoxy) is 2. The van der Waals surface area contributed by atoms with Crippen LogP contribution in [0.4, 0.5) is 5.69 Å². The highest BCUT2D eigenvalue weighted by Gasteiger charge is 2.19. The van der Waals surface area contributed by atoms with E-state index in [4.69, 9.17) is 4.74 Å². The Balaban J connectivity index is 2.37. The zero-order valence-corrected chi connectivity index (χ0v) is 16.2. The predicted octanol–water partition coefficient (Wildman–Crippen LogP) is 3.97. The van der Waals surface area contributed by atoms with Crippen molar-refractivity contribution >= 4 is 39.5 Å². The lowest BCUT2D eigenvalue weighted by molar-refractivity contribution is 0.0526. The molecule has 1 amide bonds. The van der Waals surface area contributed by atoms with Gasteiger partial charge >= 0.3 is 11.9 Å². The van der Waals surface area contributed by atoms with E-state index in [1.807, 2.05) is 6.92 Å². The van der Waals surface area contributed by atoms with Gasteiger partial charge in [0.25, 0.3) is 5.91 Å². The quantitative estimate of drug-likeness (QED) is 0.741. The van der Waals surface area contributed by atoms with Crippen molar-refractivity contribution < 1.29 is 23.9 Å². The van der Waals surface area contributed by atoms with Gasteiger partial charge in [0.2, 0.25) is 0 Å². The summed E-state index contributed by atoms with van der Waals surface area (Å²) in [5.41, 5.74) is 1.91. The minimum Gasteiger partial charge on any atom is -0.465 e. The first-order valence-corrected chi connectivity index (χ1v) is 8.63. The third kappa shape index (κ3) is 4.49. The average molecular weight is 420 g/mol. The van der Waals surface area contributed by atoms with E-state index in [1.54, 1.807) is 37.3 Å². The van der Waals surface area contributed by atoms with Crippen LogP contribution in [0, 0.1) is 6.92 Å². The molecule has 2 aromatic carbocycles. The predicted molar refractivity (Wildman–Crippen MR) is 101 cm³/mol. The lowest BCUT2D eigenvalue weighted by Gasteiger charge is -2.14. The monoisotopic (exact) mass is 419 g/mol. The number of amides is 1. The van der Waals surface area contributed by atoms with Crippen LogP contribution >= 0.6 is 15.9 Å². The van der Waals surface area contributed by atoms with Crippen molar-refractivity contribution in [3.05, 3.63) is 63.1 Å². The van der Waals surface area contributed by atoms with Gasteiger partial charge in [-0.1, -0.05) is 6.07 Å². The van der Waals surface area contributed by atoms with Crippen LogP contribution in [-0.2, 0) is 9.47 Å². The van der Waals surface area contributed by atoms with E-state index < -0.39 is 17.8 Å². The Morgan fingerprint density at radius 2 is 1.77 bits per heavy atom. The fourth-order valence-electron chi connectivity index (χ4n) is 2.33. The van der Waals surface area contributed by atoms with Gasteiger partial charge in [-0.05, 0) is 65.7 Å². The number of halogens is 1. The van der Waals surface area contributed by atoms with Crippen molar-refractivity contribution in [1.82, 2.24) is 0 Å². The SMILES string of the molecule is CCOC(=O)c1cc(C)cc(Br)c1NC(=O)c1cccc(C(=O)OC)c1. The number of aryl methyl sites for hydroxylation is 1. The number of carbonyl (C=O) groups excluding carboxylic acids is 3. The van der Waals surface area contributed by atoms with Gasteiger partial charge in [-0.15, -0.1) is 0 Å². The maximum atomic E-state index is 12.6. The largest absolute Gasteiger partial charge is 0.465 e. The van der Waals surface area contributed by atoms with E-state index in [-0.39, 0.29) is 23.3 Å². The number of hydrogen-bond donors (Lipinski definition) is 1. The first-order chi connectivity index (χ1) is 12.4. The Morgan fingerprint density at radius 3 is 2.42 bits per heavy atom. The van der Waals surface area contributed by atoms with Crippen molar-refractivity contribution in [3.63, 3.8) is 0 Å². The van der Waals surface area contributed by atoms with Crippen LogP contribution in [0.3, 0.4) is 0 Å². The number of esters is 2. The normalized spacial score (nSPS) is 10.2. The number of methoxy groups -OCH3 is 1. The summed E-state index contributed by atoms with van der Waals surface area (Å²) in [6.07, 6.45) is 0. The van der Waals surface area contributed by atoms with Crippen LogP contribution in [0.5, 0.6) is 0 Å². The molecule has 0 aliphatic carbocycles. The molecule has 136 valence electrons. The fourth-order valence-corrected chi connectivity index (χ4v) is 3.00. The summed E-state index contributed by atoms with van der Waals surface area (Å²) >= 11 is 3.37. The van der Waals surface area contributed by atoms with Crippen LogP contribution < -0.4 is 5.32 Å². The molecule has 0 unspecified atom stereocenters. The Hall–Kier alpha value is -2.67. The molecule has 0 bridgehead atoms. The molecule has 0 saturated carbocycles. The summed E-state index contributed by atoms with van der Waals surface area (Å²) in [6, 6.07) is 9.54. The molecular formula is C19H18BrNO5. The molecule has 0 aromatic heterocycles. The van der Waals surface area contributed by atoms with Gasteiger partial charge in [0.15, 0.2) is 0 Å². The number of nitrogens with one attached hydrogen (secondary N) is 1. The molecule has 0 fully saturated rings. The summed E-state index contributed by atoms with van der Waals surface area (Å²) in [5, 5.41) is 2.71. The van der Waals surface area contributed by atoms with Crippen LogP contribution in [0.15, 0.2) is 40.9 Å². The van der Waals surface area contributed by atoms with Crippen LogP contribution in [0.25, 0.3) is 0 Å². The number of hydrogen-bond acceptors (Lipinski definition) is 5. The summed E-state index contributed by atoms with van der Waals surface area (Å²) in [6.45, 7) is 3.76. The second-order valence-electron chi connectivity index (χ2n) is 5.42. The van der Waals surface area contributed by atoms with E-state index in [0.29, 0.717) is 10.2 Å². The van der Waals surface area contributed by atoms with Gasteiger partial charge in [-0.2, -0.15) is 0 Å². The van der Waals surface area contributed by atoms with Gasteiger partial charge in [0, 0.05) is 10.0 Å². The van der Waals surface area contributed by atoms with Crippen LogP contribution in [-0.4, -0.2) is 31.6 Å². The molecule has 0 radical (unpaired) electrons. The number of benzene rings is 2. The second kappa shape index (κ2) is 8.62. The van der Waals surface area contributed by atoms with Crippen molar-refractivity contribution in [2.24, 2.45) is 0 Å². The zero-order valence-electron chi connectivity index (χ0n) is 14.6. The van der Waals surface area contributed by atoms with E-state index in [9.17, 15) is 14.4 Å². The summed E-state index contributed by atoms with van der Waals surface area (Å²) < 4.78 is 10.3. The van der Waals surface area contributed by atoms with Gasteiger partial charge in [-0.3, -0.25) is 4.79 Å². The smallest absolute Gasteiger partial charge is 0.340 e. The van der Waals surface area contributed by atoms with E-state index >= 15 is 0 Å². The summed E-state index contributed by atoms with van der Waals surface area (Å²) in [4.78, 5) is 36.5. The highest BCUT2D eigenvalue weighted by atomic mass is 79.9. The first-order valence-electron chi connectivity index (χ1n) is 7.84. The maximum absolute atomic E-state index is 12.6. The minimum absolute atomic E-state index is 0.221. The highest BCUT2D eigenvalue weighted by molar-refractivity contribution is 9.10. The molecule has 7 heteroatoms. The van der Waals surface area contributed by atoms with E-state index in [2.05, 4.69) is 26.0 Å². The highest BCUT2D eigenvalue weighted by Crippen LogP contribution is 2.29. The molecule has 0 aliphatic heterocycles. The maximum Gasteiger partial charge on any atom is 0.340 e. The van der Waals surface area contributed by atoms with Gasteiger partial charge in [-0.25, -0.2) is 9.59 Å². The lowest BCUT2D eigenvalue weighted by atomic mass is 10.1. The molecule has 2 aromatic rings. The molecule has 6 nitrogen and oxygen atoms in total. The Kier molecular flexibility index (Phi) is 6.52. The standard InChI is InChI=1S/C19H18BrNO5/c1-4-26-19(24)14-8-11(2)9-15(20)16(14)21-17(22)12-6-5-7-13(10-12)18(23)25-3/h5-10H,4H2,1-3H3,(H,21,22). The average Bonchev–Trinajstić information content (AvgIpc) is 2.63. The van der Waals surface area contributed by atoms with Crippen molar-refractivity contribution in [2.45, 2.75) is 13.8 Å². The molecule has 0 atom stereocenters. The molecule has 0 heterocycles. The summed E-state index contributed by atoms with van der Waals surface area (Å²) in [7, 11) is 1.27. The Bertz CT molecular complexity index is 863. The number of carbonyl (C=O) groups is 3. The van der Waals surface area contributed by atoms with Crippen LogP contribution in [0.1, 0.15) is 43.6 Å². The molecule has 1 N–H and O–H groups in total. The van der Waals surface area contributed by atoms with E-state index in [0.717, 1.165) is 5.56 Å². The molecule has 0 aliphatic rings.